The normalized spacial score (nSPS) is 11.3. The molecule has 0 bridgehead atoms. The number of anilines is 2. The van der Waals surface area contributed by atoms with E-state index in [2.05, 4.69) is 0 Å². The van der Waals surface area contributed by atoms with Crippen LogP contribution >= 0.6 is 11.6 Å². The smallest absolute Gasteiger partial charge is 0.261 e. The van der Waals surface area contributed by atoms with Crippen molar-refractivity contribution >= 4 is 33.0 Å². The highest BCUT2D eigenvalue weighted by Gasteiger charge is 2.17. The van der Waals surface area contributed by atoms with Gasteiger partial charge in [-0.25, -0.2) is 17.2 Å². The second kappa shape index (κ2) is 5.26. The summed E-state index contributed by atoms with van der Waals surface area (Å²) in [6.07, 6.45) is 0. The van der Waals surface area contributed by atoms with Crippen molar-refractivity contribution in [1.29, 1.82) is 0 Å². The Balaban J connectivity index is 2.38. The van der Waals surface area contributed by atoms with Crippen molar-refractivity contribution in [3.05, 3.63) is 53.1 Å². The van der Waals surface area contributed by atoms with Gasteiger partial charge in [0.05, 0.1) is 16.3 Å². The number of sulfonamides is 1. The molecule has 0 aliphatic carbocycles. The molecule has 20 heavy (non-hydrogen) atoms. The predicted octanol–water partition coefficient (Wildman–Crippen LogP) is 3.00. The highest BCUT2D eigenvalue weighted by molar-refractivity contribution is 7.92. The Hall–Kier alpha value is -1.86. The van der Waals surface area contributed by atoms with Crippen LogP contribution < -0.4 is 10.5 Å². The van der Waals surface area contributed by atoms with Crippen LogP contribution in [-0.4, -0.2) is 8.42 Å². The largest absolute Gasteiger partial charge is 0.396 e. The molecule has 0 saturated heterocycles. The monoisotopic (exact) mass is 318 g/mol. The Morgan fingerprint density at radius 2 is 1.65 bits per heavy atom. The number of benzene rings is 2. The van der Waals surface area contributed by atoms with E-state index in [0.717, 1.165) is 6.07 Å². The highest BCUT2D eigenvalue weighted by Crippen LogP contribution is 2.24. The lowest BCUT2D eigenvalue weighted by atomic mass is 10.2. The molecule has 8 heteroatoms. The van der Waals surface area contributed by atoms with Crippen LogP contribution in [0.2, 0.25) is 5.02 Å². The van der Waals surface area contributed by atoms with Gasteiger partial charge < -0.3 is 5.73 Å². The number of nitrogens with one attached hydrogen (secondary N) is 1. The molecular weight excluding hydrogens is 310 g/mol. The van der Waals surface area contributed by atoms with E-state index in [1.165, 1.54) is 24.3 Å². The van der Waals surface area contributed by atoms with Crippen LogP contribution in [-0.2, 0) is 10.0 Å². The van der Waals surface area contributed by atoms with Gasteiger partial charge in [-0.05, 0) is 30.3 Å². The summed E-state index contributed by atoms with van der Waals surface area (Å²) in [5.41, 5.74) is 4.48. The zero-order chi connectivity index (χ0) is 14.9. The molecule has 0 aliphatic heterocycles. The van der Waals surface area contributed by atoms with Gasteiger partial charge >= 0.3 is 0 Å². The number of nitrogen functional groups attached to an aromatic ring is 1. The van der Waals surface area contributed by atoms with Crippen molar-refractivity contribution < 1.29 is 17.2 Å². The zero-order valence-corrected chi connectivity index (χ0v) is 11.5. The second-order valence-corrected chi connectivity index (χ2v) is 6.03. The lowest BCUT2D eigenvalue weighted by molar-refractivity contribution is 0.585. The summed E-state index contributed by atoms with van der Waals surface area (Å²) >= 11 is 5.65. The van der Waals surface area contributed by atoms with Crippen molar-refractivity contribution in [3.63, 3.8) is 0 Å². The number of halogens is 3. The topological polar surface area (TPSA) is 72.2 Å². The first-order valence-electron chi connectivity index (χ1n) is 5.32. The summed E-state index contributed by atoms with van der Waals surface area (Å²) in [7, 11) is -4.01. The zero-order valence-electron chi connectivity index (χ0n) is 9.90. The lowest BCUT2D eigenvalue weighted by Crippen LogP contribution is -2.14. The molecule has 0 aromatic heterocycles. The molecule has 2 rings (SSSR count). The fourth-order valence-corrected chi connectivity index (χ4v) is 2.65. The summed E-state index contributed by atoms with van der Waals surface area (Å²) in [6, 6.07) is 6.66. The summed E-state index contributed by atoms with van der Waals surface area (Å²) in [4.78, 5) is -0.107. The average molecular weight is 319 g/mol. The number of nitrogens with two attached hydrogens (primary N) is 1. The molecule has 0 amide bonds. The van der Waals surface area contributed by atoms with E-state index in [0.29, 0.717) is 11.1 Å². The Morgan fingerprint density at radius 3 is 2.25 bits per heavy atom. The van der Waals surface area contributed by atoms with E-state index in [-0.39, 0.29) is 10.6 Å². The summed E-state index contributed by atoms with van der Waals surface area (Å²) < 4.78 is 52.5. The van der Waals surface area contributed by atoms with Crippen molar-refractivity contribution in [2.75, 3.05) is 10.5 Å². The molecule has 0 heterocycles. The highest BCUT2D eigenvalue weighted by atomic mass is 35.5. The quantitative estimate of drug-likeness (QED) is 0.854. The Labute approximate surface area is 119 Å². The molecule has 0 aliphatic rings. The summed E-state index contributed by atoms with van der Waals surface area (Å²) in [6.45, 7) is 0. The third-order valence-corrected chi connectivity index (χ3v) is 4.09. The van der Waals surface area contributed by atoms with Crippen LogP contribution in [0.15, 0.2) is 41.3 Å². The molecule has 0 radical (unpaired) electrons. The molecule has 0 atom stereocenters. The summed E-state index contributed by atoms with van der Waals surface area (Å²) in [5.74, 6) is -2.02. The van der Waals surface area contributed by atoms with Gasteiger partial charge in [-0.2, -0.15) is 0 Å². The fourth-order valence-electron chi connectivity index (χ4n) is 1.46. The second-order valence-electron chi connectivity index (χ2n) is 3.91. The summed E-state index contributed by atoms with van der Waals surface area (Å²) in [5, 5.41) is 0.362. The van der Waals surface area contributed by atoms with Crippen LogP contribution in [0.1, 0.15) is 0 Å². The Morgan fingerprint density at radius 1 is 1.05 bits per heavy atom. The van der Waals surface area contributed by atoms with Crippen LogP contribution in [0.25, 0.3) is 0 Å². The van der Waals surface area contributed by atoms with Gasteiger partial charge in [0.2, 0.25) is 0 Å². The molecule has 2 aromatic carbocycles. The average Bonchev–Trinajstić information content (AvgIpc) is 2.36. The third-order valence-electron chi connectivity index (χ3n) is 2.45. The minimum absolute atomic E-state index is 0.107. The number of rotatable bonds is 3. The van der Waals surface area contributed by atoms with E-state index in [1.807, 2.05) is 4.72 Å². The van der Waals surface area contributed by atoms with E-state index in [4.69, 9.17) is 17.3 Å². The minimum atomic E-state index is -4.01. The van der Waals surface area contributed by atoms with Crippen molar-refractivity contribution in [2.24, 2.45) is 0 Å². The SMILES string of the molecule is Nc1cc(NS(=O)(=O)c2ccc(Cl)cc2)c(F)cc1F. The molecule has 0 saturated carbocycles. The van der Waals surface area contributed by atoms with Crippen molar-refractivity contribution in [3.8, 4) is 0 Å². The molecule has 106 valence electrons. The molecule has 0 unspecified atom stereocenters. The van der Waals surface area contributed by atoms with Gasteiger partial charge in [-0.15, -0.1) is 0 Å². The number of hydrogen-bond donors (Lipinski definition) is 2. The lowest BCUT2D eigenvalue weighted by Gasteiger charge is -2.10. The van der Waals surface area contributed by atoms with Gasteiger partial charge in [-0.3, -0.25) is 4.72 Å². The standard InChI is InChI=1S/C12H9ClF2N2O2S/c13-7-1-3-8(4-2-7)20(18,19)17-12-6-11(16)9(14)5-10(12)15/h1-6,17H,16H2. The molecule has 2 aromatic rings. The fraction of sp³-hybridized carbons (Fsp3) is 0. The van der Waals surface area contributed by atoms with Crippen LogP contribution in [0.3, 0.4) is 0 Å². The van der Waals surface area contributed by atoms with Crippen LogP contribution in [0.4, 0.5) is 20.2 Å². The minimum Gasteiger partial charge on any atom is -0.396 e. The van der Waals surface area contributed by atoms with E-state index in [1.54, 1.807) is 0 Å². The Bertz CT molecular complexity index is 749. The first-order valence-corrected chi connectivity index (χ1v) is 7.18. The van der Waals surface area contributed by atoms with E-state index in [9.17, 15) is 17.2 Å². The molecular formula is C12H9ClF2N2O2S. The molecule has 3 N–H and O–H groups in total. The van der Waals surface area contributed by atoms with Gasteiger partial charge in [0.25, 0.3) is 10.0 Å². The maximum atomic E-state index is 13.5. The van der Waals surface area contributed by atoms with Gasteiger partial charge in [0.1, 0.15) is 11.6 Å². The van der Waals surface area contributed by atoms with E-state index < -0.39 is 27.3 Å². The molecule has 0 spiro atoms. The van der Waals surface area contributed by atoms with Crippen LogP contribution in [0, 0.1) is 11.6 Å². The Kier molecular flexibility index (Phi) is 3.82. The predicted molar refractivity (Wildman–Crippen MR) is 73.0 cm³/mol. The number of hydrogen-bond acceptors (Lipinski definition) is 3. The van der Waals surface area contributed by atoms with Gasteiger partial charge in [-0.1, -0.05) is 11.6 Å². The maximum Gasteiger partial charge on any atom is 0.261 e. The van der Waals surface area contributed by atoms with Crippen molar-refractivity contribution in [2.45, 2.75) is 4.90 Å². The van der Waals surface area contributed by atoms with Gasteiger partial charge in [0.15, 0.2) is 0 Å². The molecule has 0 fully saturated rings. The first kappa shape index (κ1) is 14.5. The molecule has 4 nitrogen and oxygen atoms in total. The van der Waals surface area contributed by atoms with Crippen LogP contribution in [0.5, 0.6) is 0 Å². The van der Waals surface area contributed by atoms with E-state index >= 15 is 0 Å². The maximum absolute atomic E-state index is 13.5. The van der Waals surface area contributed by atoms with Crippen molar-refractivity contribution in [1.82, 2.24) is 0 Å². The third kappa shape index (κ3) is 3.00. The first-order chi connectivity index (χ1) is 9.29. The van der Waals surface area contributed by atoms with Gasteiger partial charge in [0, 0.05) is 11.1 Å².